The van der Waals surface area contributed by atoms with Crippen LogP contribution in [-0.2, 0) is 11.0 Å². The van der Waals surface area contributed by atoms with E-state index in [1.807, 2.05) is 36.1 Å². The SMILES string of the molecule is CCON=Cc1ccc(OCC2CCCN(c3ccc(C(F)(F)F)nn3)C2)cc1. The number of halogens is 3. The Morgan fingerprint density at radius 2 is 1.97 bits per heavy atom. The molecule has 1 aliphatic heterocycles. The lowest BCUT2D eigenvalue weighted by Crippen LogP contribution is -2.38. The van der Waals surface area contributed by atoms with Gasteiger partial charge in [0.25, 0.3) is 0 Å². The predicted octanol–water partition coefficient (Wildman–Crippen LogP) is 4.16. The molecule has 6 nitrogen and oxygen atoms in total. The maximum atomic E-state index is 12.6. The molecule has 1 unspecified atom stereocenters. The van der Waals surface area contributed by atoms with Gasteiger partial charge in [0.15, 0.2) is 11.5 Å². The molecule has 0 N–H and O–H groups in total. The summed E-state index contributed by atoms with van der Waals surface area (Å²) in [7, 11) is 0. The van der Waals surface area contributed by atoms with E-state index in [-0.39, 0.29) is 5.92 Å². The number of hydrogen-bond donors (Lipinski definition) is 0. The van der Waals surface area contributed by atoms with Crippen molar-refractivity contribution < 1.29 is 22.7 Å². The first-order valence-electron chi connectivity index (χ1n) is 9.50. The van der Waals surface area contributed by atoms with Crippen molar-refractivity contribution in [2.75, 3.05) is 31.2 Å². The second kappa shape index (κ2) is 9.58. The van der Waals surface area contributed by atoms with Crippen molar-refractivity contribution >= 4 is 12.0 Å². The minimum atomic E-state index is -4.48. The molecule has 1 aromatic heterocycles. The standard InChI is InChI=1S/C20H23F3N4O2/c1-2-29-24-12-15-5-7-17(8-6-15)28-14-16-4-3-11-27(13-16)19-10-9-18(25-26-19)20(21,22)23/h5-10,12,16H,2-4,11,13-14H2,1H3. The smallest absolute Gasteiger partial charge is 0.435 e. The van der Waals surface area contributed by atoms with Crippen LogP contribution in [0.1, 0.15) is 31.0 Å². The van der Waals surface area contributed by atoms with Crippen molar-refractivity contribution in [3.05, 3.63) is 47.7 Å². The lowest BCUT2D eigenvalue weighted by Gasteiger charge is -2.33. The summed E-state index contributed by atoms with van der Waals surface area (Å²) in [6.45, 7) is 4.32. The second-order valence-corrected chi connectivity index (χ2v) is 6.76. The molecule has 1 atom stereocenters. The third-order valence-electron chi connectivity index (χ3n) is 4.56. The summed E-state index contributed by atoms with van der Waals surface area (Å²) in [4.78, 5) is 6.89. The summed E-state index contributed by atoms with van der Waals surface area (Å²) in [6, 6.07) is 9.87. The molecule has 1 saturated heterocycles. The molecule has 0 bridgehead atoms. The highest BCUT2D eigenvalue weighted by atomic mass is 19.4. The Kier molecular flexibility index (Phi) is 6.90. The summed E-state index contributed by atoms with van der Waals surface area (Å²) >= 11 is 0. The number of ether oxygens (including phenoxy) is 1. The molecule has 1 aromatic carbocycles. The molecule has 0 radical (unpaired) electrons. The minimum absolute atomic E-state index is 0.257. The van der Waals surface area contributed by atoms with Gasteiger partial charge in [-0.25, -0.2) is 0 Å². The highest BCUT2D eigenvalue weighted by Gasteiger charge is 2.33. The van der Waals surface area contributed by atoms with Crippen molar-refractivity contribution in [2.24, 2.45) is 11.1 Å². The van der Waals surface area contributed by atoms with Crippen LogP contribution in [0.4, 0.5) is 19.0 Å². The zero-order chi connectivity index (χ0) is 20.7. The maximum Gasteiger partial charge on any atom is 0.435 e. The van der Waals surface area contributed by atoms with E-state index in [0.29, 0.717) is 25.6 Å². The Labute approximate surface area is 167 Å². The van der Waals surface area contributed by atoms with E-state index in [4.69, 9.17) is 9.57 Å². The van der Waals surface area contributed by atoms with Gasteiger partial charge in [0, 0.05) is 19.0 Å². The number of benzene rings is 1. The Balaban J connectivity index is 1.52. The number of hydrogen-bond acceptors (Lipinski definition) is 6. The Hall–Kier alpha value is -2.84. The molecule has 0 amide bonds. The molecule has 0 aliphatic carbocycles. The number of rotatable bonds is 7. The summed E-state index contributed by atoms with van der Waals surface area (Å²) < 4.78 is 43.8. The van der Waals surface area contributed by atoms with Gasteiger partial charge in [-0.05, 0) is 61.7 Å². The molecule has 2 heterocycles. The first kappa shape index (κ1) is 20.9. The van der Waals surface area contributed by atoms with Gasteiger partial charge in [0.2, 0.25) is 0 Å². The van der Waals surface area contributed by atoms with Gasteiger partial charge in [-0.2, -0.15) is 13.2 Å². The zero-order valence-corrected chi connectivity index (χ0v) is 16.1. The summed E-state index contributed by atoms with van der Waals surface area (Å²) in [5.74, 6) is 1.47. The number of piperidine rings is 1. The maximum absolute atomic E-state index is 12.6. The Morgan fingerprint density at radius 1 is 1.17 bits per heavy atom. The van der Waals surface area contributed by atoms with Crippen molar-refractivity contribution in [1.29, 1.82) is 0 Å². The molecular weight excluding hydrogens is 385 g/mol. The lowest BCUT2D eigenvalue weighted by atomic mass is 9.99. The highest BCUT2D eigenvalue weighted by molar-refractivity contribution is 5.79. The molecule has 2 aromatic rings. The largest absolute Gasteiger partial charge is 0.493 e. The van der Waals surface area contributed by atoms with Gasteiger partial charge in [0.1, 0.15) is 12.4 Å². The van der Waals surface area contributed by atoms with Crippen molar-refractivity contribution in [3.8, 4) is 5.75 Å². The molecular formula is C20H23F3N4O2. The van der Waals surface area contributed by atoms with Gasteiger partial charge < -0.3 is 14.5 Å². The molecule has 0 spiro atoms. The number of oxime groups is 1. The normalized spacial score (nSPS) is 17.5. The zero-order valence-electron chi connectivity index (χ0n) is 16.1. The van der Waals surface area contributed by atoms with Crippen LogP contribution in [0.3, 0.4) is 0 Å². The van der Waals surface area contributed by atoms with Crippen molar-refractivity contribution in [3.63, 3.8) is 0 Å². The molecule has 29 heavy (non-hydrogen) atoms. The fraction of sp³-hybridized carbons (Fsp3) is 0.450. The van der Waals surface area contributed by atoms with E-state index < -0.39 is 11.9 Å². The highest BCUT2D eigenvalue weighted by Crippen LogP contribution is 2.28. The molecule has 0 saturated carbocycles. The molecule has 156 valence electrons. The predicted molar refractivity (Wildman–Crippen MR) is 103 cm³/mol. The van der Waals surface area contributed by atoms with Crippen LogP contribution >= 0.6 is 0 Å². The number of alkyl halides is 3. The molecule has 1 aliphatic rings. The van der Waals surface area contributed by atoms with E-state index in [1.165, 1.54) is 6.07 Å². The van der Waals surface area contributed by atoms with Crippen LogP contribution in [0, 0.1) is 5.92 Å². The van der Waals surface area contributed by atoms with E-state index in [2.05, 4.69) is 15.4 Å². The van der Waals surface area contributed by atoms with E-state index >= 15 is 0 Å². The Bertz CT molecular complexity index is 795. The fourth-order valence-electron chi connectivity index (χ4n) is 3.09. The second-order valence-electron chi connectivity index (χ2n) is 6.76. The monoisotopic (exact) mass is 408 g/mol. The topological polar surface area (TPSA) is 59.8 Å². The van der Waals surface area contributed by atoms with Crippen LogP contribution in [0.5, 0.6) is 5.75 Å². The van der Waals surface area contributed by atoms with Gasteiger partial charge in [-0.3, -0.25) is 0 Å². The third-order valence-corrected chi connectivity index (χ3v) is 4.56. The fourth-order valence-corrected chi connectivity index (χ4v) is 3.09. The molecule has 9 heteroatoms. The number of aromatic nitrogens is 2. The van der Waals surface area contributed by atoms with Crippen LogP contribution in [0.25, 0.3) is 0 Å². The third kappa shape index (κ3) is 6.07. The van der Waals surface area contributed by atoms with Crippen LogP contribution in [0.15, 0.2) is 41.6 Å². The van der Waals surface area contributed by atoms with E-state index in [9.17, 15) is 13.2 Å². The summed E-state index contributed by atoms with van der Waals surface area (Å²) in [6.07, 6.45) is -0.932. The van der Waals surface area contributed by atoms with E-state index in [1.54, 1.807) is 6.21 Å². The summed E-state index contributed by atoms with van der Waals surface area (Å²) in [5.41, 5.74) is -0.0663. The van der Waals surface area contributed by atoms with Crippen LogP contribution < -0.4 is 9.64 Å². The van der Waals surface area contributed by atoms with E-state index in [0.717, 1.165) is 36.8 Å². The quantitative estimate of drug-likeness (QED) is 0.509. The average molecular weight is 408 g/mol. The Morgan fingerprint density at radius 3 is 2.62 bits per heavy atom. The van der Waals surface area contributed by atoms with Gasteiger partial charge in [-0.15, -0.1) is 10.2 Å². The number of nitrogens with zero attached hydrogens (tertiary/aromatic N) is 4. The molecule has 1 fully saturated rings. The average Bonchev–Trinajstić information content (AvgIpc) is 2.73. The molecule has 3 rings (SSSR count). The minimum Gasteiger partial charge on any atom is -0.493 e. The van der Waals surface area contributed by atoms with Crippen molar-refractivity contribution in [2.45, 2.75) is 25.9 Å². The van der Waals surface area contributed by atoms with Crippen molar-refractivity contribution in [1.82, 2.24) is 10.2 Å². The van der Waals surface area contributed by atoms with Crippen LogP contribution in [0.2, 0.25) is 0 Å². The lowest BCUT2D eigenvalue weighted by molar-refractivity contribution is -0.141. The van der Waals surface area contributed by atoms with Crippen LogP contribution in [-0.4, -0.2) is 42.7 Å². The number of anilines is 1. The van der Waals surface area contributed by atoms with Gasteiger partial charge >= 0.3 is 6.18 Å². The van der Waals surface area contributed by atoms with Gasteiger partial charge in [0.05, 0.1) is 12.8 Å². The first-order chi connectivity index (χ1) is 14.0. The summed E-state index contributed by atoms with van der Waals surface area (Å²) in [5, 5.41) is 10.9. The first-order valence-corrected chi connectivity index (χ1v) is 9.50. The van der Waals surface area contributed by atoms with Gasteiger partial charge in [-0.1, -0.05) is 5.16 Å².